The number of nitrogens with two attached hydrogens (primary N) is 1. The summed E-state index contributed by atoms with van der Waals surface area (Å²) >= 11 is 0. The van der Waals surface area contributed by atoms with Crippen LogP contribution in [0.15, 0.2) is 12.1 Å². The molecular formula is C19H30N4O4. The van der Waals surface area contributed by atoms with Crippen molar-refractivity contribution in [2.45, 2.75) is 71.1 Å². The van der Waals surface area contributed by atoms with Gasteiger partial charge < -0.3 is 25.8 Å². The molecule has 4 N–H and O–H groups in total. The van der Waals surface area contributed by atoms with Crippen molar-refractivity contribution < 1.29 is 19.1 Å². The normalized spacial score (nSPS) is 19.9. The van der Waals surface area contributed by atoms with Gasteiger partial charge in [0.1, 0.15) is 17.5 Å². The second kappa shape index (κ2) is 8.92. The molecular weight excluding hydrogens is 348 g/mol. The predicted molar refractivity (Wildman–Crippen MR) is 103 cm³/mol. The molecule has 0 aromatic carbocycles. The highest BCUT2D eigenvalue weighted by Gasteiger charge is 2.25. The fourth-order valence-corrected chi connectivity index (χ4v) is 2.98. The Hall–Kier alpha value is -2.51. The molecule has 1 heterocycles. The number of carbonyl (C=O) groups excluding carboxylic acids is 2. The van der Waals surface area contributed by atoms with Crippen LogP contribution in [-0.4, -0.2) is 41.3 Å². The molecule has 8 nitrogen and oxygen atoms in total. The number of rotatable bonds is 6. The summed E-state index contributed by atoms with van der Waals surface area (Å²) in [6.07, 6.45) is 2.84. The predicted octanol–water partition coefficient (Wildman–Crippen LogP) is 2.83. The molecule has 0 spiro atoms. The van der Waals surface area contributed by atoms with Gasteiger partial charge in [0.15, 0.2) is 0 Å². The molecule has 1 saturated carbocycles. The number of nitrogens with zero attached hydrogens (tertiary/aromatic N) is 1. The first-order chi connectivity index (χ1) is 12.7. The van der Waals surface area contributed by atoms with Crippen LogP contribution in [0.3, 0.4) is 0 Å². The zero-order valence-electron chi connectivity index (χ0n) is 16.5. The number of nitrogens with one attached hydrogen (secondary N) is 2. The van der Waals surface area contributed by atoms with Gasteiger partial charge in [-0.05, 0) is 65.5 Å². The van der Waals surface area contributed by atoms with Gasteiger partial charge in [-0.25, -0.2) is 4.79 Å². The third-order valence-electron chi connectivity index (χ3n) is 4.18. The smallest absolute Gasteiger partial charge is 0.407 e. The summed E-state index contributed by atoms with van der Waals surface area (Å²) < 4.78 is 10.9. The highest BCUT2D eigenvalue weighted by atomic mass is 16.6. The largest absolute Gasteiger partial charge is 0.477 e. The molecule has 0 bridgehead atoms. The van der Waals surface area contributed by atoms with Crippen molar-refractivity contribution in [2.24, 2.45) is 5.73 Å². The highest BCUT2D eigenvalue weighted by molar-refractivity contribution is 5.95. The van der Waals surface area contributed by atoms with Crippen LogP contribution in [0.4, 0.5) is 10.6 Å². The van der Waals surface area contributed by atoms with E-state index in [0.717, 1.165) is 25.7 Å². The van der Waals surface area contributed by atoms with Crippen LogP contribution in [0.25, 0.3) is 0 Å². The van der Waals surface area contributed by atoms with Gasteiger partial charge in [-0.3, -0.25) is 4.79 Å². The molecule has 0 atom stereocenters. The van der Waals surface area contributed by atoms with Crippen molar-refractivity contribution in [3.8, 4) is 5.88 Å². The van der Waals surface area contributed by atoms with Crippen LogP contribution < -0.4 is 21.1 Å². The van der Waals surface area contributed by atoms with Gasteiger partial charge in [-0.2, -0.15) is 4.98 Å². The van der Waals surface area contributed by atoms with Gasteiger partial charge >= 0.3 is 6.09 Å². The van der Waals surface area contributed by atoms with E-state index in [0.29, 0.717) is 12.4 Å². The number of alkyl carbamates (subject to hydrolysis) is 1. The van der Waals surface area contributed by atoms with E-state index in [1.807, 2.05) is 27.7 Å². The van der Waals surface area contributed by atoms with Gasteiger partial charge in [0.05, 0.1) is 6.61 Å². The molecule has 1 aliphatic carbocycles. The molecule has 0 saturated heterocycles. The van der Waals surface area contributed by atoms with Gasteiger partial charge in [0.25, 0.3) is 5.91 Å². The number of aromatic nitrogens is 1. The third-order valence-corrected chi connectivity index (χ3v) is 4.18. The van der Waals surface area contributed by atoms with Crippen LogP contribution in [0.1, 0.15) is 63.7 Å². The molecule has 150 valence electrons. The second-order valence-corrected chi connectivity index (χ2v) is 7.74. The van der Waals surface area contributed by atoms with Gasteiger partial charge in [-0.15, -0.1) is 0 Å². The maximum atomic E-state index is 11.9. The van der Waals surface area contributed by atoms with E-state index in [-0.39, 0.29) is 35.2 Å². The Labute approximate surface area is 160 Å². The lowest BCUT2D eigenvalue weighted by atomic mass is 9.93. The summed E-state index contributed by atoms with van der Waals surface area (Å²) in [5.74, 6) is 0.313. The second-order valence-electron chi connectivity index (χ2n) is 7.74. The molecule has 0 aliphatic heterocycles. The maximum Gasteiger partial charge on any atom is 0.407 e. The molecule has 8 heteroatoms. The average molecular weight is 378 g/mol. The first-order valence-corrected chi connectivity index (χ1v) is 9.37. The van der Waals surface area contributed by atoms with Crippen molar-refractivity contribution in [3.05, 3.63) is 17.7 Å². The third kappa shape index (κ3) is 6.62. The van der Waals surface area contributed by atoms with Gasteiger partial charge in [0.2, 0.25) is 5.88 Å². The fourth-order valence-electron chi connectivity index (χ4n) is 2.98. The monoisotopic (exact) mass is 378 g/mol. The molecule has 2 amide bonds. The summed E-state index contributed by atoms with van der Waals surface area (Å²) in [5.41, 5.74) is 5.31. The van der Waals surface area contributed by atoms with Crippen molar-refractivity contribution in [2.75, 3.05) is 11.9 Å². The van der Waals surface area contributed by atoms with E-state index in [2.05, 4.69) is 15.6 Å². The maximum absolute atomic E-state index is 11.9. The standard InChI is InChI=1S/C19H30N4O4/c1-5-26-17-14(16(20)24)10-11-15(22-17)21-12-6-8-13(9-7-12)27-18(25)23-19(2,3)4/h10-13H,5-9H2,1-4H3,(H2,20,24)(H,21,22)(H,23,25). The SMILES string of the molecule is CCOc1nc(NC2CCC(OC(=O)NC(C)(C)C)CC2)ccc1C(N)=O. The number of amides is 2. The molecule has 2 rings (SSSR count). The Bertz CT molecular complexity index is 664. The Balaban J connectivity index is 1.87. The number of carbonyl (C=O) groups is 2. The van der Waals surface area contributed by atoms with Crippen LogP contribution in [0.2, 0.25) is 0 Å². The van der Waals surface area contributed by atoms with Crippen LogP contribution in [0, 0.1) is 0 Å². The zero-order chi connectivity index (χ0) is 20.0. The number of hydrogen-bond donors (Lipinski definition) is 3. The van der Waals surface area contributed by atoms with Gasteiger partial charge in [-0.1, -0.05) is 0 Å². The van der Waals surface area contributed by atoms with E-state index in [4.69, 9.17) is 15.2 Å². The molecule has 27 heavy (non-hydrogen) atoms. The van der Waals surface area contributed by atoms with E-state index in [1.165, 1.54) is 0 Å². The number of hydrogen-bond acceptors (Lipinski definition) is 6. The first kappa shape index (κ1) is 20.8. The lowest BCUT2D eigenvalue weighted by Gasteiger charge is -2.30. The Kier molecular flexibility index (Phi) is 6.87. The molecule has 0 radical (unpaired) electrons. The lowest BCUT2D eigenvalue weighted by molar-refractivity contribution is 0.0681. The molecule has 0 unspecified atom stereocenters. The van der Waals surface area contributed by atoms with E-state index < -0.39 is 5.91 Å². The topological polar surface area (TPSA) is 116 Å². The zero-order valence-corrected chi connectivity index (χ0v) is 16.5. The van der Waals surface area contributed by atoms with E-state index in [1.54, 1.807) is 12.1 Å². The summed E-state index contributed by atoms with van der Waals surface area (Å²) in [7, 11) is 0. The van der Waals surface area contributed by atoms with Crippen LogP contribution >= 0.6 is 0 Å². The van der Waals surface area contributed by atoms with Crippen molar-refractivity contribution >= 4 is 17.8 Å². The minimum absolute atomic E-state index is 0.0745. The van der Waals surface area contributed by atoms with Crippen molar-refractivity contribution in [3.63, 3.8) is 0 Å². The van der Waals surface area contributed by atoms with Crippen molar-refractivity contribution in [1.82, 2.24) is 10.3 Å². The minimum Gasteiger partial charge on any atom is -0.477 e. The molecule has 1 fully saturated rings. The minimum atomic E-state index is -0.566. The summed E-state index contributed by atoms with van der Waals surface area (Å²) in [4.78, 5) is 27.7. The highest BCUT2D eigenvalue weighted by Crippen LogP contribution is 2.25. The number of primary amides is 1. The molecule has 1 aromatic rings. The number of anilines is 1. The quantitative estimate of drug-likeness (QED) is 0.701. The summed E-state index contributed by atoms with van der Waals surface area (Å²) in [6, 6.07) is 3.56. The Morgan fingerprint density at radius 2 is 1.89 bits per heavy atom. The average Bonchev–Trinajstić information content (AvgIpc) is 2.55. The Morgan fingerprint density at radius 3 is 2.44 bits per heavy atom. The van der Waals surface area contributed by atoms with Crippen LogP contribution in [-0.2, 0) is 4.74 Å². The summed E-state index contributed by atoms with van der Waals surface area (Å²) in [5, 5.41) is 6.17. The van der Waals surface area contributed by atoms with E-state index >= 15 is 0 Å². The lowest BCUT2D eigenvalue weighted by Crippen LogP contribution is -2.43. The Morgan fingerprint density at radius 1 is 1.22 bits per heavy atom. The van der Waals surface area contributed by atoms with E-state index in [9.17, 15) is 9.59 Å². The van der Waals surface area contributed by atoms with Crippen molar-refractivity contribution in [1.29, 1.82) is 0 Å². The molecule has 1 aliphatic rings. The van der Waals surface area contributed by atoms with Gasteiger partial charge in [0, 0.05) is 11.6 Å². The van der Waals surface area contributed by atoms with Crippen LogP contribution in [0.5, 0.6) is 5.88 Å². The first-order valence-electron chi connectivity index (χ1n) is 9.37. The summed E-state index contributed by atoms with van der Waals surface area (Å²) in [6.45, 7) is 7.98. The molecule has 1 aromatic heterocycles. The number of ether oxygens (including phenoxy) is 2. The number of pyridine rings is 1. The fraction of sp³-hybridized carbons (Fsp3) is 0.632.